The number of fused-ring (bicyclic) bond motifs is 3. The lowest BCUT2D eigenvalue weighted by molar-refractivity contribution is -0.142. The molecular formula is C15H16F3N3O3S. The molecule has 0 saturated carbocycles. The van der Waals surface area contributed by atoms with Crippen LogP contribution in [0.2, 0.25) is 0 Å². The van der Waals surface area contributed by atoms with Crippen molar-refractivity contribution in [3.63, 3.8) is 0 Å². The van der Waals surface area contributed by atoms with Crippen LogP contribution in [-0.2, 0) is 28.5 Å². The number of alkyl halides is 3. The number of rotatable bonds is 2. The zero-order valence-electron chi connectivity index (χ0n) is 13.1. The smallest absolute Gasteiger partial charge is 0.411 e. The molecule has 0 aromatic carbocycles. The second-order valence-electron chi connectivity index (χ2n) is 6.28. The summed E-state index contributed by atoms with van der Waals surface area (Å²) >= 11 is 1.13. The Morgan fingerprint density at radius 1 is 1.20 bits per heavy atom. The maximum absolute atomic E-state index is 13.4. The van der Waals surface area contributed by atoms with Gasteiger partial charge in [0.05, 0.1) is 12.7 Å². The van der Waals surface area contributed by atoms with Crippen LogP contribution in [-0.4, -0.2) is 45.1 Å². The van der Waals surface area contributed by atoms with E-state index in [-0.39, 0.29) is 22.1 Å². The summed E-state index contributed by atoms with van der Waals surface area (Å²) in [6.07, 6.45) is -2.64. The standard InChI is InChI=1S/C15H16F3N3O3S/c16-15(17,18)12-7-3-1-2-4-8(7)19-14(20-12)25-11-5-9(21-22)13-23-6-10(11)24-13/h10-11,13,22H,1-6H2/b21-9+/t10-,11+,13+/m0/s1. The lowest BCUT2D eigenvalue weighted by Crippen LogP contribution is -2.37. The molecule has 6 nitrogen and oxygen atoms in total. The normalized spacial score (nSPS) is 30.5. The van der Waals surface area contributed by atoms with Gasteiger partial charge < -0.3 is 14.7 Å². The second kappa shape index (κ2) is 6.40. The van der Waals surface area contributed by atoms with E-state index >= 15 is 0 Å². The third-order valence-corrected chi connectivity index (χ3v) is 5.79. The van der Waals surface area contributed by atoms with Crippen molar-refractivity contribution >= 4 is 17.5 Å². The van der Waals surface area contributed by atoms with E-state index in [0.29, 0.717) is 37.3 Å². The molecule has 1 N–H and O–H groups in total. The molecular weight excluding hydrogens is 359 g/mol. The fourth-order valence-electron chi connectivity index (χ4n) is 3.42. The molecule has 2 fully saturated rings. The van der Waals surface area contributed by atoms with Crippen molar-refractivity contribution in [2.75, 3.05) is 6.61 Å². The zero-order valence-corrected chi connectivity index (χ0v) is 13.9. The van der Waals surface area contributed by atoms with Gasteiger partial charge in [0.1, 0.15) is 5.71 Å². The first-order chi connectivity index (χ1) is 12.0. The maximum Gasteiger partial charge on any atom is 0.433 e. The van der Waals surface area contributed by atoms with Gasteiger partial charge in [-0.15, -0.1) is 0 Å². The fraction of sp³-hybridized carbons (Fsp3) is 0.667. The molecule has 1 aromatic rings. The largest absolute Gasteiger partial charge is 0.433 e. The second-order valence-corrected chi connectivity index (χ2v) is 7.48. The topological polar surface area (TPSA) is 76.8 Å². The van der Waals surface area contributed by atoms with Gasteiger partial charge in [-0.2, -0.15) is 13.2 Å². The number of nitrogens with zero attached hydrogens (tertiary/aromatic N) is 3. The summed E-state index contributed by atoms with van der Waals surface area (Å²) in [7, 11) is 0. The number of hydrogen-bond donors (Lipinski definition) is 1. The Bertz CT molecular complexity index is 713. The van der Waals surface area contributed by atoms with Gasteiger partial charge in [0.25, 0.3) is 0 Å². The summed E-state index contributed by atoms with van der Waals surface area (Å²) in [6.45, 7) is 0.304. The summed E-state index contributed by atoms with van der Waals surface area (Å²) in [5.74, 6) is 0. The van der Waals surface area contributed by atoms with Crippen molar-refractivity contribution < 1.29 is 27.9 Å². The van der Waals surface area contributed by atoms with Gasteiger partial charge in [0, 0.05) is 22.9 Å². The van der Waals surface area contributed by atoms with E-state index in [0.717, 1.165) is 24.6 Å². The summed E-state index contributed by atoms with van der Waals surface area (Å²) < 4.78 is 51.2. The van der Waals surface area contributed by atoms with Crippen LogP contribution >= 0.6 is 11.8 Å². The van der Waals surface area contributed by atoms with Crippen molar-refractivity contribution in [1.29, 1.82) is 0 Å². The highest BCUT2D eigenvalue weighted by atomic mass is 32.2. The molecule has 3 atom stereocenters. The number of halogens is 3. The maximum atomic E-state index is 13.4. The lowest BCUT2D eigenvalue weighted by Gasteiger charge is -2.27. The Morgan fingerprint density at radius 3 is 2.76 bits per heavy atom. The van der Waals surface area contributed by atoms with Crippen LogP contribution in [0.15, 0.2) is 10.3 Å². The Morgan fingerprint density at radius 2 is 2.00 bits per heavy atom. The molecule has 0 radical (unpaired) electrons. The van der Waals surface area contributed by atoms with Gasteiger partial charge in [-0.05, 0) is 25.7 Å². The van der Waals surface area contributed by atoms with Crippen molar-refractivity contribution in [3.05, 3.63) is 17.0 Å². The monoisotopic (exact) mass is 375 g/mol. The zero-order chi connectivity index (χ0) is 17.6. The minimum atomic E-state index is -4.50. The molecule has 25 heavy (non-hydrogen) atoms. The van der Waals surface area contributed by atoms with Gasteiger partial charge in [-0.3, -0.25) is 0 Å². The molecule has 1 aliphatic carbocycles. The van der Waals surface area contributed by atoms with Gasteiger partial charge in [-0.1, -0.05) is 16.9 Å². The van der Waals surface area contributed by atoms with Crippen LogP contribution in [0.1, 0.15) is 36.2 Å². The third kappa shape index (κ3) is 3.22. The lowest BCUT2D eigenvalue weighted by atomic mass is 9.94. The molecule has 0 unspecified atom stereocenters. The van der Waals surface area contributed by atoms with E-state index in [4.69, 9.17) is 14.7 Å². The summed E-state index contributed by atoms with van der Waals surface area (Å²) in [5, 5.41) is 12.1. The molecule has 2 aliphatic heterocycles. The van der Waals surface area contributed by atoms with E-state index in [1.165, 1.54) is 0 Å². The van der Waals surface area contributed by atoms with Crippen LogP contribution in [0.4, 0.5) is 13.2 Å². The molecule has 2 bridgehead atoms. The quantitative estimate of drug-likeness (QED) is 0.487. The molecule has 4 rings (SSSR count). The van der Waals surface area contributed by atoms with Crippen LogP contribution < -0.4 is 0 Å². The molecule has 10 heteroatoms. The van der Waals surface area contributed by atoms with Gasteiger partial charge >= 0.3 is 6.18 Å². The highest BCUT2D eigenvalue weighted by Gasteiger charge is 2.44. The van der Waals surface area contributed by atoms with Crippen LogP contribution in [0.3, 0.4) is 0 Å². The van der Waals surface area contributed by atoms with Gasteiger partial charge in [0.15, 0.2) is 10.9 Å². The number of ether oxygens (including phenoxy) is 2. The highest BCUT2D eigenvalue weighted by molar-refractivity contribution is 7.99. The Kier molecular flexibility index (Phi) is 4.37. The number of oxime groups is 1. The summed E-state index contributed by atoms with van der Waals surface area (Å²) in [5.41, 5.74) is 0.225. The summed E-state index contributed by atoms with van der Waals surface area (Å²) in [4.78, 5) is 8.18. The van der Waals surface area contributed by atoms with E-state index in [1.54, 1.807) is 0 Å². The first-order valence-corrected chi connectivity index (χ1v) is 8.95. The van der Waals surface area contributed by atoms with Crippen molar-refractivity contribution in [2.45, 2.75) is 61.1 Å². The minimum Gasteiger partial charge on any atom is -0.411 e. The van der Waals surface area contributed by atoms with E-state index in [9.17, 15) is 13.2 Å². The average Bonchev–Trinajstić information content (AvgIpc) is 3.01. The van der Waals surface area contributed by atoms with Crippen molar-refractivity contribution in [1.82, 2.24) is 9.97 Å². The van der Waals surface area contributed by atoms with Gasteiger partial charge in [-0.25, -0.2) is 9.97 Å². The van der Waals surface area contributed by atoms with Crippen molar-refractivity contribution in [3.8, 4) is 0 Å². The first-order valence-electron chi connectivity index (χ1n) is 8.07. The molecule has 3 heterocycles. The molecule has 136 valence electrons. The van der Waals surface area contributed by atoms with Crippen molar-refractivity contribution in [2.24, 2.45) is 5.16 Å². The number of thioether (sulfide) groups is 1. The Hall–Kier alpha value is -1.39. The molecule has 0 spiro atoms. The SMILES string of the molecule is O/N=C1\C[C@@H](Sc2nc3c(c(C(F)(F)F)n2)CCCC3)[C@@H]2CO[C@@H]1O2. The number of aryl methyl sites for hydroxylation is 1. The predicted octanol–water partition coefficient (Wildman–Crippen LogP) is 2.81. The Labute approximate surface area is 145 Å². The molecule has 0 amide bonds. The molecule has 2 saturated heterocycles. The third-order valence-electron chi connectivity index (χ3n) is 4.62. The first kappa shape index (κ1) is 17.0. The van der Waals surface area contributed by atoms with E-state index in [2.05, 4.69) is 15.1 Å². The number of aromatic nitrogens is 2. The van der Waals surface area contributed by atoms with E-state index in [1.807, 2.05) is 0 Å². The predicted molar refractivity (Wildman–Crippen MR) is 81.8 cm³/mol. The molecule has 1 aromatic heterocycles. The molecule has 3 aliphatic rings. The number of hydrogen-bond acceptors (Lipinski definition) is 7. The van der Waals surface area contributed by atoms with Crippen LogP contribution in [0, 0.1) is 0 Å². The van der Waals surface area contributed by atoms with Crippen LogP contribution in [0.25, 0.3) is 0 Å². The Balaban J connectivity index is 1.64. The van der Waals surface area contributed by atoms with Crippen LogP contribution in [0.5, 0.6) is 0 Å². The summed E-state index contributed by atoms with van der Waals surface area (Å²) in [6, 6.07) is 0. The fourth-order valence-corrected chi connectivity index (χ4v) is 4.55. The minimum absolute atomic E-state index is 0.0872. The highest BCUT2D eigenvalue weighted by Crippen LogP contribution is 2.39. The van der Waals surface area contributed by atoms with E-state index < -0.39 is 18.2 Å². The van der Waals surface area contributed by atoms with Gasteiger partial charge in [0.2, 0.25) is 6.29 Å². The average molecular weight is 375 g/mol.